The van der Waals surface area contributed by atoms with Crippen LogP contribution in [0.2, 0.25) is 5.02 Å². The second-order valence-electron chi connectivity index (χ2n) is 8.41. The number of carboxylic acid groups (broad SMARTS) is 1. The summed E-state index contributed by atoms with van der Waals surface area (Å²) in [5, 5.41) is 21.3. The van der Waals surface area contributed by atoms with E-state index >= 15 is 0 Å². The molecule has 0 aliphatic rings. The van der Waals surface area contributed by atoms with E-state index in [4.69, 9.17) is 11.6 Å². The Balaban J connectivity index is 1.91. The number of nitrogens with zero attached hydrogens (tertiary/aromatic N) is 2. The molecule has 176 valence electrons. The number of aromatic carboxylic acids is 1. The molecule has 2 aromatic carbocycles. The Morgan fingerprint density at radius 3 is 2.26 bits per heavy atom. The molecule has 1 atom stereocenters. The van der Waals surface area contributed by atoms with Crippen molar-refractivity contribution in [3.63, 3.8) is 0 Å². The topological polar surface area (TPSA) is 109 Å². The first-order chi connectivity index (χ1) is 16.0. The molecule has 1 unspecified atom stereocenters. The van der Waals surface area contributed by atoms with Gasteiger partial charge in [-0.25, -0.2) is 22.2 Å². The summed E-state index contributed by atoms with van der Waals surface area (Å²) >= 11 is 6.08. The van der Waals surface area contributed by atoms with Crippen molar-refractivity contribution in [3.05, 3.63) is 93.8 Å². The van der Waals surface area contributed by atoms with Crippen LogP contribution in [0.25, 0.3) is 11.0 Å². The lowest BCUT2D eigenvalue weighted by Crippen LogP contribution is -2.19. The van der Waals surface area contributed by atoms with Crippen LogP contribution in [0.15, 0.2) is 65.7 Å². The number of aliphatic hydroxyl groups excluding tert-OH is 1. The zero-order valence-electron chi connectivity index (χ0n) is 18.7. The van der Waals surface area contributed by atoms with Crippen molar-refractivity contribution >= 4 is 38.6 Å². The van der Waals surface area contributed by atoms with Gasteiger partial charge in [-0.3, -0.25) is 0 Å². The van der Waals surface area contributed by atoms with Crippen LogP contribution >= 0.6 is 11.6 Å². The molecule has 0 amide bonds. The molecule has 0 fully saturated rings. The van der Waals surface area contributed by atoms with Crippen molar-refractivity contribution in [2.75, 3.05) is 0 Å². The summed E-state index contributed by atoms with van der Waals surface area (Å²) in [6.07, 6.45) is -0.0149. The van der Waals surface area contributed by atoms with E-state index in [1.54, 1.807) is 25.1 Å². The van der Waals surface area contributed by atoms with E-state index < -0.39 is 22.1 Å². The maximum Gasteiger partial charge on any atom is 0.335 e. The molecule has 0 radical (unpaired) electrons. The summed E-state index contributed by atoms with van der Waals surface area (Å²) in [5.41, 5.74) is 2.09. The number of benzene rings is 2. The number of hydrogen-bond donors (Lipinski definition) is 2. The molecular weight excluding hydrogens is 476 g/mol. The van der Waals surface area contributed by atoms with Gasteiger partial charge in [0, 0.05) is 11.6 Å². The van der Waals surface area contributed by atoms with Gasteiger partial charge in [0.25, 0.3) is 10.0 Å². The molecule has 4 rings (SSSR count). The smallest absolute Gasteiger partial charge is 0.335 e. The zero-order chi connectivity index (χ0) is 24.8. The van der Waals surface area contributed by atoms with Crippen molar-refractivity contribution in [3.8, 4) is 0 Å². The van der Waals surface area contributed by atoms with Crippen molar-refractivity contribution in [2.24, 2.45) is 0 Å². The third-order valence-corrected chi connectivity index (χ3v) is 7.69. The number of fused-ring (bicyclic) bond motifs is 1. The lowest BCUT2D eigenvalue weighted by atomic mass is 10.0. The lowest BCUT2D eigenvalue weighted by Gasteiger charge is -2.17. The largest absolute Gasteiger partial charge is 0.478 e. The number of aromatic nitrogens is 2. The predicted molar refractivity (Wildman–Crippen MR) is 130 cm³/mol. The van der Waals surface area contributed by atoms with E-state index in [0.29, 0.717) is 21.5 Å². The zero-order valence-corrected chi connectivity index (χ0v) is 20.3. The first-order valence-electron chi connectivity index (χ1n) is 10.5. The maximum absolute atomic E-state index is 13.7. The molecule has 9 heteroatoms. The average molecular weight is 499 g/mol. The molecule has 7 nitrogen and oxygen atoms in total. The Kier molecular flexibility index (Phi) is 6.24. The highest BCUT2D eigenvalue weighted by molar-refractivity contribution is 7.90. The number of carboxylic acids is 1. The molecule has 0 spiro atoms. The minimum absolute atomic E-state index is 0.0528. The molecule has 0 aliphatic carbocycles. The van der Waals surface area contributed by atoms with E-state index in [9.17, 15) is 23.4 Å². The summed E-state index contributed by atoms with van der Waals surface area (Å²) in [6.45, 7) is 5.65. The van der Waals surface area contributed by atoms with Crippen LogP contribution in [0.1, 0.15) is 58.6 Å². The number of rotatable bonds is 6. The van der Waals surface area contributed by atoms with Gasteiger partial charge in [-0.2, -0.15) is 0 Å². The molecule has 0 bridgehead atoms. The number of halogens is 1. The van der Waals surface area contributed by atoms with Gasteiger partial charge >= 0.3 is 5.97 Å². The van der Waals surface area contributed by atoms with Crippen molar-refractivity contribution < 1.29 is 23.4 Å². The summed E-state index contributed by atoms with van der Waals surface area (Å²) < 4.78 is 28.5. The fourth-order valence-electron chi connectivity index (χ4n) is 3.90. The number of pyridine rings is 1. The SMILES string of the molecule is Cc1cc(C(O)c2cc3cc(Cl)cnc3n2S(=O)(=O)c2ccc(C(C)C)cc2)ccc1C(=O)O. The van der Waals surface area contributed by atoms with Gasteiger partial charge in [0.1, 0.15) is 6.10 Å². The summed E-state index contributed by atoms with van der Waals surface area (Å²) in [4.78, 5) is 15.6. The van der Waals surface area contributed by atoms with E-state index in [1.165, 1.54) is 42.6 Å². The highest BCUT2D eigenvalue weighted by Gasteiger charge is 2.28. The Bertz CT molecular complexity index is 1510. The highest BCUT2D eigenvalue weighted by atomic mass is 35.5. The van der Waals surface area contributed by atoms with Gasteiger partial charge < -0.3 is 10.2 Å². The molecule has 2 heterocycles. The average Bonchev–Trinajstić information content (AvgIpc) is 3.17. The van der Waals surface area contributed by atoms with Gasteiger partial charge in [-0.15, -0.1) is 0 Å². The second-order valence-corrected chi connectivity index (χ2v) is 10.6. The summed E-state index contributed by atoms with van der Waals surface area (Å²) in [7, 11) is -4.14. The Morgan fingerprint density at radius 2 is 1.68 bits per heavy atom. The Labute approximate surface area is 202 Å². The fourth-order valence-corrected chi connectivity index (χ4v) is 5.57. The molecule has 2 aromatic heterocycles. The monoisotopic (exact) mass is 498 g/mol. The van der Waals surface area contributed by atoms with Crippen LogP contribution in [0.4, 0.5) is 0 Å². The predicted octanol–water partition coefficient (Wildman–Crippen LogP) is 5.14. The van der Waals surface area contributed by atoms with Crippen molar-refractivity contribution in [2.45, 2.75) is 37.7 Å². The third kappa shape index (κ3) is 4.20. The second kappa shape index (κ2) is 8.87. The summed E-state index contributed by atoms with van der Waals surface area (Å²) in [6, 6.07) is 14.1. The molecule has 0 aliphatic heterocycles. The molecule has 0 saturated heterocycles. The number of carbonyl (C=O) groups is 1. The van der Waals surface area contributed by atoms with Crippen LogP contribution in [-0.4, -0.2) is 33.6 Å². The molecular formula is C25H23ClN2O5S. The van der Waals surface area contributed by atoms with E-state index in [0.717, 1.165) is 9.54 Å². The lowest BCUT2D eigenvalue weighted by molar-refractivity contribution is 0.0696. The normalized spacial score (nSPS) is 12.9. The number of hydrogen-bond acceptors (Lipinski definition) is 5. The van der Waals surface area contributed by atoms with E-state index in [1.807, 2.05) is 13.8 Å². The minimum Gasteiger partial charge on any atom is -0.478 e. The van der Waals surface area contributed by atoms with Crippen LogP contribution in [-0.2, 0) is 10.0 Å². The fraction of sp³-hybridized carbons (Fsp3) is 0.200. The molecule has 4 aromatic rings. The van der Waals surface area contributed by atoms with Crippen LogP contribution in [0, 0.1) is 6.92 Å². The molecule has 2 N–H and O–H groups in total. The summed E-state index contributed by atoms with van der Waals surface area (Å²) in [5.74, 6) is -0.846. The maximum atomic E-state index is 13.7. The van der Waals surface area contributed by atoms with E-state index in [2.05, 4.69) is 4.98 Å². The van der Waals surface area contributed by atoms with Gasteiger partial charge in [0.2, 0.25) is 0 Å². The van der Waals surface area contributed by atoms with Crippen LogP contribution in [0.3, 0.4) is 0 Å². The van der Waals surface area contributed by atoms with Crippen LogP contribution < -0.4 is 0 Å². The van der Waals surface area contributed by atoms with Gasteiger partial charge in [-0.05, 0) is 59.9 Å². The standard InChI is InChI=1S/C25H23ClN2O5S/c1-14(2)16-4-7-20(8-5-16)34(32,33)28-22(12-18-11-19(26)13-27-24(18)28)23(29)17-6-9-21(25(30)31)15(3)10-17/h4-14,23,29H,1-3H3,(H,30,31). The quantitative estimate of drug-likeness (QED) is 0.381. The Morgan fingerprint density at radius 1 is 1.03 bits per heavy atom. The minimum atomic E-state index is -4.14. The van der Waals surface area contributed by atoms with Crippen molar-refractivity contribution in [1.29, 1.82) is 0 Å². The number of aryl methyl sites for hydroxylation is 1. The van der Waals surface area contributed by atoms with Crippen LogP contribution in [0.5, 0.6) is 0 Å². The third-order valence-electron chi connectivity index (χ3n) is 5.75. The number of aliphatic hydroxyl groups is 1. The first kappa shape index (κ1) is 23.9. The van der Waals surface area contributed by atoms with Gasteiger partial charge in [0.15, 0.2) is 5.65 Å². The van der Waals surface area contributed by atoms with Gasteiger partial charge in [-0.1, -0.05) is 49.7 Å². The highest BCUT2D eigenvalue weighted by Crippen LogP contribution is 2.33. The first-order valence-corrected chi connectivity index (χ1v) is 12.4. The molecule has 34 heavy (non-hydrogen) atoms. The van der Waals surface area contributed by atoms with Crippen molar-refractivity contribution in [1.82, 2.24) is 8.96 Å². The molecule has 0 saturated carbocycles. The Hall–Kier alpha value is -3.20. The van der Waals surface area contributed by atoms with Gasteiger partial charge in [0.05, 0.1) is 21.2 Å². The van der Waals surface area contributed by atoms with E-state index in [-0.39, 0.29) is 27.7 Å².